The Morgan fingerprint density at radius 1 is 1.73 bits per heavy atom. The van der Waals surface area contributed by atoms with E-state index in [1.54, 1.807) is 0 Å². The Morgan fingerprint density at radius 3 is 2.91 bits per heavy atom. The van der Waals surface area contributed by atoms with Crippen LogP contribution >= 0.6 is 0 Å². The number of nitrogens with zero attached hydrogens (tertiary/aromatic N) is 2. The van der Waals surface area contributed by atoms with Gasteiger partial charge in [0.15, 0.2) is 0 Å². The summed E-state index contributed by atoms with van der Waals surface area (Å²) in [7, 11) is 0. The fourth-order valence-corrected chi connectivity index (χ4v) is 1.03. The van der Waals surface area contributed by atoms with E-state index in [0.29, 0.717) is 17.9 Å². The van der Waals surface area contributed by atoms with E-state index in [2.05, 4.69) is 27.4 Å². The summed E-state index contributed by atoms with van der Waals surface area (Å²) in [4.78, 5) is 3.93. The van der Waals surface area contributed by atoms with Crippen LogP contribution in [0.3, 0.4) is 0 Å². The van der Waals surface area contributed by atoms with Crippen molar-refractivity contribution in [2.45, 2.75) is 19.4 Å². The van der Waals surface area contributed by atoms with Crippen LogP contribution in [0.1, 0.15) is 13.3 Å². The molecule has 0 bridgehead atoms. The smallest absolute Gasteiger partial charge is 0.243 e. The van der Waals surface area contributed by atoms with Crippen molar-refractivity contribution in [1.82, 2.24) is 15.2 Å². The van der Waals surface area contributed by atoms with Crippen molar-refractivity contribution in [1.29, 1.82) is 0 Å². The number of aromatic amines is 1. The second-order valence-electron chi connectivity index (χ2n) is 3.01. The van der Waals surface area contributed by atoms with Crippen molar-refractivity contribution in [2.24, 2.45) is 5.92 Å². The molecule has 1 fully saturated rings. The summed E-state index contributed by atoms with van der Waals surface area (Å²) < 4.78 is 0. The average molecular weight is 153 g/mol. The first-order valence-electron chi connectivity index (χ1n) is 3.70. The summed E-state index contributed by atoms with van der Waals surface area (Å²) in [6.45, 7) is 2.19. The van der Waals surface area contributed by atoms with Crippen LogP contribution in [0.2, 0.25) is 0 Å². The SMILES string of the molecule is CC1CC1Nc1n[nH]c(N)n1. The van der Waals surface area contributed by atoms with E-state index in [0.717, 1.165) is 5.92 Å². The number of anilines is 2. The van der Waals surface area contributed by atoms with Crippen LogP contribution in [0.15, 0.2) is 0 Å². The molecule has 0 amide bonds. The van der Waals surface area contributed by atoms with E-state index >= 15 is 0 Å². The molecule has 11 heavy (non-hydrogen) atoms. The molecule has 1 saturated carbocycles. The lowest BCUT2D eigenvalue weighted by atomic mass is 10.5. The lowest BCUT2D eigenvalue weighted by Gasteiger charge is -1.95. The highest BCUT2D eigenvalue weighted by molar-refractivity contribution is 5.32. The third-order valence-corrected chi connectivity index (χ3v) is 1.93. The summed E-state index contributed by atoms with van der Waals surface area (Å²) in [6, 6.07) is 0.546. The Hall–Kier alpha value is -1.26. The van der Waals surface area contributed by atoms with Gasteiger partial charge in [0.05, 0.1) is 0 Å². The highest BCUT2D eigenvalue weighted by Crippen LogP contribution is 2.31. The maximum Gasteiger partial charge on any atom is 0.243 e. The summed E-state index contributed by atoms with van der Waals surface area (Å²) >= 11 is 0. The van der Waals surface area contributed by atoms with Crippen molar-refractivity contribution in [3.05, 3.63) is 0 Å². The molecule has 1 aliphatic rings. The summed E-state index contributed by atoms with van der Waals surface area (Å²) in [5, 5.41) is 9.58. The summed E-state index contributed by atoms with van der Waals surface area (Å²) in [5.74, 6) is 1.72. The molecule has 2 rings (SSSR count). The van der Waals surface area contributed by atoms with Gasteiger partial charge in [0, 0.05) is 6.04 Å². The molecular formula is C6H11N5. The van der Waals surface area contributed by atoms with E-state index in [-0.39, 0.29) is 0 Å². The molecule has 1 aliphatic carbocycles. The number of hydrogen-bond acceptors (Lipinski definition) is 4. The predicted octanol–water partition coefficient (Wildman–Crippen LogP) is 0.207. The van der Waals surface area contributed by atoms with E-state index in [1.807, 2.05) is 0 Å². The second kappa shape index (κ2) is 2.11. The van der Waals surface area contributed by atoms with Crippen LogP contribution in [0.5, 0.6) is 0 Å². The van der Waals surface area contributed by atoms with Gasteiger partial charge in [-0.25, -0.2) is 5.10 Å². The van der Waals surface area contributed by atoms with Crippen molar-refractivity contribution >= 4 is 11.9 Å². The number of nitrogens with one attached hydrogen (secondary N) is 2. The van der Waals surface area contributed by atoms with Crippen LogP contribution in [0.4, 0.5) is 11.9 Å². The van der Waals surface area contributed by atoms with Gasteiger partial charge in [0.25, 0.3) is 0 Å². The fraction of sp³-hybridized carbons (Fsp3) is 0.667. The van der Waals surface area contributed by atoms with E-state index in [4.69, 9.17) is 5.73 Å². The van der Waals surface area contributed by atoms with Crippen LogP contribution in [0.25, 0.3) is 0 Å². The van der Waals surface area contributed by atoms with Crippen molar-refractivity contribution in [3.8, 4) is 0 Å². The molecule has 1 aromatic rings. The molecule has 60 valence electrons. The fourth-order valence-electron chi connectivity index (χ4n) is 1.03. The molecule has 0 aliphatic heterocycles. The Labute approximate surface area is 64.4 Å². The minimum atomic E-state index is 0.362. The number of rotatable bonds is 2. The molecule has 0 spiro atoms. The Balaban J connectivity index is 1.96. The van der Waals surface area contributed by atoms with Crippen LogP contribution in [0, 0.1) is 5.92 Å². The largest absolute Gasteiger partial charge is 0.368 e. The molecule has 1 aromatic heterocycles. The Kier molecular flexibility index (Phi) is 1.24. The molecule has 0 radical (unpaired) electrons. The molecule has 2 unspecified atom stereocenters. The summed E-state index contributed by atoms with van der Waals surface area (Å²) in [5.41, 5.74) is 5.34. The highest BCUT2D eigenvalue weighted by Gasteiger charge is 2.33. The molecule has 4 N–H and O–H groups in total. The molecule has 0 saturated heterocycles. The van der Waals surface area contributed by atoms with E-state index in [9.17, 15) is 0 Å². The van der Waals surface area contributed by atoms with Gasteiger partial charge in [0.1, 0.15) is 0 Å². The van der Waals surface area contributed by atoms with Gasteiger partial charge in [-0.2, -0.15) is 4.98 Å². The van der Waals surface area contributed by atoms with Crippen LogP contribution in [-0.2, 0) is 0 Å². The van der Waals surface area contributed by atoms with E-state index < -0.39 is 0 Å². The lowest BCUT2D eigenvalue weighted by Crippen LogP contribution is -2.04. The Bertz CT molecular complexity index is 255. The maximum atomic E-state index is 5.34. The zero-order chi connectivity index (χ0) is 7.84. The van der Waals surface area contributed by atoms with Gasteiger partial charge in [-0.1, -0.05) is 6.92 Å². The van der Waals surface area contributed by atoms with Gasteiger partial charge >= 0.3 is 0 Å². The standard InChI is InChI=1S/C6H11N5/c1-3-2-4(3)8-6-9-5(7)10-11-6/h3-4H,2H2,1H3,(H4,7,8,9,10,11). The quantitative estimate of drug-likeness (QED) is 0.567. The monoisotopic (exact) mass is 153 g/mol. The van der Waals surface area contributed by atoms with Gasteiger partial charge in [-0.3, -0.25) is 0 Å². The number of hydrogen-bond donors (Lipinski definition) is 3. The first-order valence-corrected chi connectivity index (χ1v) is 3.70. The lowest BCUT2D eigenvalue weighted by molar-refractivity contribution is 0.915. The van der Waals surface area contributed by atoms with Gasteiger partial charge in [0.2, 0.25) is 11.9 Å². The van der Waals surface area contributed by atoms with Crippen LogP contribution in [-0.4, -0.2) is 21.2 Å². The van der Waals surface area contributed by atoms with Gasteiger partial charge in [-0.05, 0) is 12.3 Å². The molecule has 2 atom stereocenters. The average Bonchev–Trinajstić information content (AvgIpc) is 2.42. The number of nitrogen functional groups attached to an aromatic ring is 1. The van der Waals surface area contributed by atoms with Crippen molar-refractivity contribution < 1.29 is 0 Å². The first kappa shape index (κ1) is 6.45. The highest BCUT2D eigenvalue weighted by atomic mass is 15.3. The first-order chi connectivity index (χ1) is 5.25. The predicted molar refractivity (Wildman–Crippen MR) is 42.0 cm³/mol. The molecule has 5 nitrogen and oxygen atoms in total. The minimum absolute atomic E-state index is 0.362. The maximum absolute atomic E-state index is 5.34. The third-order valence-electron chi connectivity index (χ3n) is 1.93. The number of aromatic nitrogens is 3. The minimum Gasteiger partial charge on any atom is -0.368 e. The zero-order valence-corrected chi connectivity index (χ0v) is 6.33. The van der Waals surface area contributed by atoms with Gasteiger partial charge in [-0.15, -0.1) is 5.10 Å². The molecule has 1 heterocycles. The van der Waals surface area contributed by atoms with Crippen molar-refractivity contribution in [3.63, 3.8) is 0 Å². The number of H-pyrrole nitrogens is 1. The second-order valence-corrected chi connectivity index (χ2v) is 3.01. The third kappa shape index (κ3) is 1.26. The zero-order valence-electron chi connectivity index (χ0n) is 6.33. The van der Waals surface area contributed by atoms with Crippen molar-refractivity contribution in [2.75, 3.05) is 11.1 Å². The molecule has 0 aromatic carbocycles. The Morgan fingerprint density at radius 2 is 2.45 bits per heavy atom. The molecular weight excluding hydrogens is 142 g/mol. The normalized spacial score (nSPS) is 28.5. The number of nitrogens with two attached hydrogens (primary N) is 1. The van der Waals surface area contributed by atoms with Gasteiger partial charge < -0.3 is 11.1 Å². The van der Waals surface area contributed by atoms with E-state index in [1.165, 1.54) is 6.42 Å². The molecule has 5 heteroatoms. The topological polar surface area (TPSA) is 79.6 Å². The summed E-state index contributed by atoms with van der Waals surface area (Å²) in [6.07, 6.45) is 1.20. The van der Waals surface area contributed by atoms with Crippen LogP contribution < -0.4 is 11.1 Å².